The first kappa shape index (κ1) is 65.8. The van der Waals surface area contributed by atoms with Crippen molar-refractivity contribution in [1.82, 2.24) is 0 Å². The SMILES string of the molecule is CC/C=C\C/C=C\C/C=C\C/C=C\CCCCCCC(=O)OC(COC(=O)CCCCCCCCC)COC(=O)CCCCCCCCCCCCCCCCC/C=C\C/C=C\CCCCCCC. The van der Waals surface area contributed by atoms with E-state index >= 15 is 0 Å². The Labute approximate surface area is 427 Å². The molecule has 0 aromatic carbocycles. The highest BCUT2D eigenvalue weighted by Crippen LogP contribution is 2.16. The number of esters is 3. The number of carbonyl (C=O) groups is 3. The van der Waals surface area contributed by atoms with Gasteiger partial charge >= 0.3 is 17.9 Å². The molecule has 0 aliphatic rings. The Morgan fingerprint density at radius 3 is 0.884 bits per heavy atom. The van der Waals surface area contributed by atoms with Crippen LogP contribution in [0.1, 0.15) is 290 Å². The standard InChI is InChI=1S/C63H110O6/c1-4-7-10-13-16-18-20-22-24-26-27-28-29-30-31-32-33-34-35-37-38-40-42-44-47-50-53-56-62(65)68-59-60(58-67-61(64)55-52-49-46-15-12-9-6-3)69-63(66)57-54-51-48-45-43-41-39-36-25-23-21-19-17-14-11-8-5-2/h8,11,17,19-20,22-23,25-27,39,41,60H,4-7,9-10,12-16,18,21,24,28-38,40,42-59H2,1-3H3/b11-8-,19-17-,22-20-,25-23-,27-26-,41-39-. The molecule has 0 aromatic heterocycles. The predicted molar refractivity (Wildman–Crippen MR) is 298 cm³/mol. The number of hydrogen-bond donors (Lipinski definition) is 0. The van der Waals surface area contributed by atoms with Crippen molar-refractivity contribution in [2.75, 3.05) is 13.2 Å². The van der Waals surface area contributed by atoms with Gasteiger partial charge in [-0.25, -0.2) is 0 Å². The number of ether oxygens (including phenoxy) is 3. The second-order valence-electron chi connectivity index (χ2n) is 19.5. The van der Waals surface area contributed by atoms with Crippen molar-refractivity contribution in [3.63, 3.8) is 0 Å². The molecular formula is C63H110O6. The normalized spacial score (nSPS) is 12.6. The van der Waals surface area contributed by atoms with Gasteiger partial charge in [0, 0.05) is 19.3 Å². The lowest BCUT2D eigenvalue weighted by atomic mass is 10.0. The zero-order valence-corrected chi connectivity index (χ0v) is 45.6. The van der Waals surface area contributed by atoms with Gasteiger partial charge in [-0.05, 0) is 89.9 Å². The highest BCUT2D eigenvalue weighted by atomic mass is 16.6. The van der Waals surface area contributed by atoms with Crippen molar-refractivity contribution in [2.45, 2.75) is 297 Å². The summed E-state index contributed by atoms with van der Waals surface area (Å²) in [7, 11) is 0. The van der Waals surface area contributed by atoms with Crippen LogP contribution in [0.5, 0.6) is 0 Å². The maximum atomic E-state index is 12.8. The molecule has 0 rings (SSSR count). The zero-order valence-electron chi connectivity index (χ0n) is 45.6. The number of rotatable bonds is 53. The molecule has 0 aliphatic carbocycles. The minimum atomic E-state index is -0.785. The van der Waals surface area contributed by atoms with Crippen molar-refractivity contribution in [1.29, 1.82) is 0 Å². The van der Waals surface area contributed by atoms with Gasteiger partial charge in [-0.3, -0.25) is 14.4 Å². The Balaban J connectivity index is 4.14. The molecule has 398 valence electrons. The van der Waals surface area contributed by atoms with Crippen LogP contribution in [-0.4, -0.2) is 37.2 Å². The van der Waals surface area contributed by atoms with E-state index in [2.05, 4.69) is 93.7 Å². The summed E-state index contributed by atoms with van der Waals surface area (Å²) in [5.41, 5.74) is 0. The lowest BCUT2D eigenvalue weighted by molar-refractivity contribution is -0.167. The van der Waals surface area contributed by atoms with Crippen molar-refractivity contribution in [2.24, 2.45) is 0 Å². The molecule has 0 amide bonds. The molecule has 0 aliphatic heterocycles. The first-order valence-corrected chi connectivity index (χ1v) is 29.4. The molecule has 6 nitrogen and oxygen atoms in total. The van der Waals surface area contributed by atoms with E-state index in [-0.39, 0.29) is 31.1 Å². The fourth-order valence-corrected chi connectivity index (χ4v) is 8.29. The highest BCUT2D eigenvalue weighted by molar-refractivity contribution is 5.71. The summed E-state index contributed by atoms with van der Waals surface area (Å²) in [6.45, 7) is 6.47. The Morgan fingerprint density at radius 2 is 0.565 bits per heavy atom. The number of carbonyl (C=O) groups excluding carboxylic acids is 3. The van der Waals surface area contributed by atoms with Gasteiger partial charge in [-0.15, -0.1) is 0 Å². The molecule has 0 spiro atoms. The third-order valence-electron chi connectivity index (χ3n) is 12.7. The van der Waals surface area contributed by atoms with Crippen LogP contribution in [0.25, 0.3) is 0 Å². The van der Waals surface area contributed by atoms with Crippen LogP contribution in [0.2, 0.25) is 0 Å². The maximum Gasteiger partial charge on any atom is 0.306 e. The summed E-state index contributed by atoms with van der Waals surface area (Å²) in [5.74, 6) is -0.907. The van der Waals surface area contributed by atoms with Crippen LogP contribution in [0.15, 0.2) is 72.9 Å². The van der Waals surface area contributed by atoms with Gasteiger partial charge in [0.05, 0.1) is 0 Å². The molecule has 6 heteroatoms. The summed E-state index contributed by atoms with van der Waals surface area (Å²) >= 11 is 0. The van der Waals surface area contributed by atoms with Gasteiger partial charge in [0.15, 0.2) is 6.10 Å². The topological polar surface area (TPSA) is 78.9 Å². The van der Waals surface area contributed by atoms with E-state index in [1.165, 1.54) is 148 Å². The van der Waals surface area contributed by atoms with Crippen molar-refractivity contribution in [3.8, 4) is 0 Å². The molecule has 0 heterocycles. The van der Waals surface area contributed by atoms with E-state index in [9.17, 15) is 14.4 Å². The van der Waals surface area contributed by atoms with Gasteiger partial charge < -0.3 is 14.2 Å². The Hall–Kier alpha value is -3.15. The summed E-state index contributed by atoms with van der Waals surface area (Å²) in [6.07, 6.45) is 73.6. The molecule has 1 unspecified atom stereocenters. The summed E-state index contributed by atoms with van der Waals surface area (Å²) in [4.78, 5) is 37.9. The van der Waals surface area contributed by atoms with Gasteiger partial charge in [0.1, 0.15) is 13.2 Å². The smallest absolute Gasteiger partial charge is 0.306 e. The van der Waals surface area contributed by atoms with Crippen molar-refractivity contribution >= 4 is 17.9 Å². The van der Waals surface area contributed by atoms with Crippen molar-refractivity contribution < 1.29 is 28.6 Å². The molecular weight excluding hydrogens is 853 g/mol. The predicted octanol–water partition coefficient (Wildman–Crippen LogP) is 19.8. The van der Waals surface area contributed by atoms with Crippen LogP contribution >= 0.6 is 0 Å². The molecule has 0 saturated carbocycles. The van der Waals surface area contributed by atoms with Gasteiger partial charge in [-0.1, -0.05) is 254 Å². The lowest BCUT2D eigenvalue weighted by Crippen LogP contribution is -2.30. The van der Waals surface area contributed by atoms with Crippen LogP contribution in [-0.2, 0) is 28.6 Å². The van der Waals surface area contributed by atoms with Crippen LogP contribution in [0, 0.1) is 0 Å². The quantitative estimate of drug-likeness (QED) is 0.0262. The number of allylic oxidation sites excluding steroid dienone is 12. The molecule has 1 atom stereocenters. The second kappa shape index (κ2) is 57.4. The number of hydrogen-bond acceptors (Lipinski definition) is 6. The third-order valence-corrected chi connectivity index (χ3v) is 12.7. The van der Waals surface area contributed by atoms with E-state index in [0.29, 0.717) is 19.3 Å². The lowest BCUT2D eigenvalue weighted by Gasteiger charge is -2.18. The number of unbranched alkanes of at least 4 members (excludes halogenated alkanes) is 30. The minimum Gasteiger partial charge on any atom is -0.462 e. The van der Waals surface area contributed by atoms with Gasteiger partial charge in [-0.2, -0.15) is 0 Å². The summed E-state index contributed by atoms with van der Waals surface area (Å²) in [6, 6.07) is 0. The molecule has 69 heavy (non-hydrogen) atoms. The molecule has 0 saturated heterocycles. The first-order valence-electron chi connectivity index (χ1n) is 29.4. The van der Waals surface area contributed by atoms with E-state index in [4.69, 9.17) is 14.2 Å². The van der Waals surface area contributed by atoms with Gasteiger partial charge in [0.2, 0.25) is 0 Å². The van der Waals surface area contributed by atoms with Gasteiger partial charge in [0.25, 0.3) is 0 Å². The Bertz CT molecular complexity index is 1290. The molecule has 0 fully saturated rings. The minimum absolute atomic E-state index is 0.0835. The Kier molecular flexibility index (Phi) is 54.8. The van der Waals surface area contributed by atoms with Crippen molar-refractivity contribution in [3.05, 3.63) is 72.9 Å². The average molecular weight is 964 g/mol. The molecule has 0 bridgehead atoms. The van der Waals surface area contributed by atoms with E-state index in [0.717, 1.165) is 103 Å². The second-order valence-corrected chi connectivity index (χ2v) is 19.5. The largest absolute Gasteiger partial charge is 0.462 e. The average Bonchev–Trinajstić information content (AvgIpc) is 3.35. The monoisotopic (exact) mass is 963 g/mol. The van der Waals surface area contributed by atoms with E-state index < -0.39 is 6.10 Å². The fourth-order valence-electron chi connectivity index (χ4n) is 8.29. The first-order chi connectivity index (χ1) is 34.0. The van der Waals surface area contributed by atoms with Crippen LogP contribution < -0.4 is 0 Å². The summed E-state index contributed by atoms with van der Waals surface area (Å²) in [5, 5.41) is 0. The Morgan fingerprint density at radius 1 is 0.304 bits per heavy atom. The van der Waals surface area contributed by atoms with E-state index in [1.807, 2.05) is 0 Å². The third kappa shape index (κ3) is 55.6. The molecule has 0 aromatic rings. The van der Waals surface area contributed by atoms with E-state index in [1.54, 1.807) is 0 Å². The fraction of sp³-hybridized carbons (Fsp3) is 0.762. The van der Waals surface area contributed by atoms with Crippen LogP contribution in [0.3, 0.4) is 0 Å². The maximum absolute atomic E-state index is 12.8. The van der Waals surface area contributed by atoms with Crippen LogP contribution in [0.4, 0.5) is 0 Å². The zero-order chi connectivity index (χ0) is 50.0. The molecule has 0 radical (unpaired) electrons. The highest BCUT2D eigenvalue weighted by Gasteiger charge is 2.19. The summed E-state index contributed by atoms with van der Waals surface area (Å²) < 4.78 is 16.8. The molecule has 0 N–H and O–H groups in total.